The van der Waals surface area contributed by atoms with Crippen molar-refractivity contribution in [2.24, 2.45) is 51.8 Å². The first-order chi connectivity index (χ1) is 17.5. The van der Waals surface area contributed by atoms with Gasteiger partial charge in [0.15, 0.2) is 0 Å². The summed E-state index contributed by atoms with van der Waals surface area (Å²) in [6.07, 6.45) is 28.9. The molecule has 0 heterocycles. The summed E-state index contributed by atoms with van der Waals surface area (Å²) in [5.41, 5.74) is 3.62. The van der Waals surface area contributed by atoms with Crippen LogP contribution in [0.15, 0.2) is 12.2 Å². The zero-order chi connectivity index (χ0) is 28.0. The van der Waals surface area contributed by atoms with Crippen molar-refractivity contribution in [3.63, 3.8) is 0 Å². The van der Waals surface area contributed by atoms with Crippen molar-refractivity contribution in [2.75, 3.05) is 21.1 Å². The molecule has 0 aromatic carbocycles. The molecule has 0 bridgehead atoms. The third kappa shape index (κ3) is 6.53. The molecular formula is C36H65N. The van der Waals surface area contributed by atoms with Crippen molar-refractivity contribution >= 4 is 0 Å². The third-order valence-electron chi connectivity index (χ3n) is 11.4. The van der Waals surface area contributed by atoms with E-state index in [1.165, 1.54) is 51.4 Å². The van der Waals surface area contributed by atoms with Gasteiger partial charge < -0.3 is 4.90 Å². The smallest absolute Gasteiger partial charge is 0.0140 e. The normalized spacial score (nSPS) is 39.2. The van der Waals surface area contributed by atoms with Crippen LogP contribution in [0.5, 0.6) is 0 Å². The van der Waals surface area contributed by atoms with Gasteiger partial charge in [-0.25, -0.2) is 0 Å². The summed E-state index contributed by atoms with van der Waals surface area (Å²) >= 11 is 0. The number of nitrogens with zero attached hydrogens (tertiary/aromatic N) is 1. The second-order valence-electron chi connectivity index (χ2n) is 14.7. The maximum atomic E-state index is 4.53. The molecule has 5 rings (SSSR count). The SMILES string of the molecule is C#C.C=C(CC)C1CCC2C1CCC1C2(CC)CCC2CC(C)(C)CCC21C1CC1.CCC.CN(C)C. The van der Waals surface area contributed by atoms with Crippen LogP contribution < -0.4 is 0 Å². The Morgan fingerprint density at radius 1 is 0.811 bits per heavy atom. The van der Waals surface area contributed by atoms with E-state index in [-0.39, 0.29) is 0 Å². The van der Waals surface area contributed by atoms with E-state index in [9.17, 15) is 0 Å². The number of fused-ring (bicyclic) bond motifs is 5. The van der Waals surface area contributed by atoms with Gasteiger partial charge >= 0.3 is 0 Å². The third-order valence-corrected chi connectivity index (χ3v) is 11.4. The number of allylic oxidation sites excluding steroid dienone is 1. The van der Waals surface area contributed by atoms with Crippen LogP contribution in [0.1, 0.15) is 131 Å². The van der Waals surface area contributed by atoms with Crippen LogP contribution >= 0.6 is 0 Å². The standard InChI is InChI=1S/C28H46.C3H9N.C3H8.C2H2/c1-6-19(3)22-10-12-24-23(22)11-13-25-27(24,7-2)15-14-21-18-26(4,5)16-17-28(21,25)20-8-9-20;1-4(2)3;1-3-2;1-2/h20-25H,3,6-18H2,1-2,4-5H3;1-3H3;3H2,1-2H3;1-2H. The second kappa shape index (κ2) is 13.6. The summed E-state index contributed by atoms with van der Waals surface area (Å²) in [6.45, 7) is 18.9. The molecule has 0 aromatic rings. The maximum absolute atomic E-state index is 4.53. The Balaban J connectivity index is 0.000000473. The summed E-state index contributed by atoms with van der Waals surface area (Å²) in [6, 6.07) is 0. The fraction of sp³-hybridized carbons (Fsp3) is 0.889. The molecular weight excluding hydrogens is 446 g/mol. The monoisotopic (exact) mass is 512 g/mol. The van der Waals surface area contributed by atoms with Gasteiger partial charge in [-0.05, 0) is 156 Å². The Hall–Kier alpha value is -0.740. The average Bonchev–Trinajstić information content (AvgIpc) is 3.62. The van der Waals surface area contributed by atoms with Gasteiger partial charge in [0, 0.05) is 0 Å². The van der Waals surface area contributed by atoms with Crippen LogP contribution in [0.4, 0.5) is 0 Å². The van der Waals surface area contributed by atoms with Gasteiger partial charge in [-0.2, -0.15) is 0 Å². The van der Waals surface area contributed by atoms with E-state index in [4.69, 9.17) is 0 Å². The van der Waals surface area contributed by atoms with Gasteiger partial charge in [0.25, 0.3) is 0 Å². The highest BCUT2D eigenvalue weighted by Crippen LogP contribution is 2.75. The Morgan fingerprint density at radius 2 is 1.41 bits per heavy atom. The number of terminal acetylenes is 1. The highest BCUT2D eigenvalue weighted by molar-refractivity contribution is 5.18. The number of hydrogen-bond acceptors (Lipinski definition) is 1. The molecule has 37 heavy (non-hydrogen) atoms. The van der Waals surface area contributed by atoms with Crippen LogP contribution in [-0.4, -0.2) is 26.0 Å². The first-order valence-corrected chi connectivity index (χ1v) is 16.1. The zero-order valence-electron chi connectivity index (χ0n) is 26.7. The molecule has 0 N–H and O–H groups in total. The predicted molar refractivity (Wildman–Crippen MR) is 166 cm³/mol. The lowest BCUT2D eigenvalue weighted by Gasteiger charge is -2.67. The minimum absolute atomic E-state index is 0.601. The Labute approximate surface area is 234 Å². The van der Waals surface area contributed by atoms with Crippen molar-refractivity contribution < 1.29 is 0 Å². The van der Waals surface area contributed by atoms with Gasteiger partial charge in [-0.1, -0.05) is 60.1 Å². The van der Waals surface area contributed by atoms with E-state index >= 15 is 0 Å². The summed E-state index contributed by atoms with van der Waals surface area (Å²) in [7, 11) is 6.00. The topological polar surface area (TPSA) is 3.24 Å². The molecule has 5 fully saturated rings. The van der Waals surface area contributed by atoms with Crippen LogP contribution in [0.3, 0.4) is 0 Å². The average molecular weight is 512 g/mol. The quantitative estimate of drug-likeness (QED) is 0.268. The minimum Gasteiger partial charge on any atom is -0.312 e. The molecule has 0 saturated heterocycles. The van der Waals surface area contributed by atoms with Gasteiger partial charge in [-0.15, -0.1) is 12.8 Å². The molecule has 7 unspecified atom stereocenters. The van der Waals surface area contributed by atoms with E-state index in [2.05, 4.69) is 61.0 Å². The van der Waals surface area contributed by atoms with Crippen LogP contribution in [0.2, 0.25) is 0 Å². The van der Waals surface area contributed by atoms with Crippen molar-refractivity contribution in [1.29, 1.82) is 0 Å². The van der Waals surface area contributed by atoms with Crippen molar-refractivity contribution in [1.82, 2.24) is 4.90 Å². The Morgan fingerprint density at radius 3 is 1.92 bits per heavy atom. The van der Waals surface area contributed by atoms with E-state index < -0.39 is 0 Å². The molecule has 5 aliphatic carbocycles. The minimum atomic E-state index is 0.601. The van der Waals surface area contributed by atoms with E-state index in [1.54, 1.807) is 44.1 Å². The fourth-order valence-corrected chi connectivity index (χ4v) is 10.1. The largest absolute Gasteiger partial charge is 0.312 e. The lowest BCUT2D eigenvalue weighted by Crippen LogP contribution is -2.60. The molecule has 5 saturated carbocycles. The highest BCUT2D eigenvalue weighted by atomic mass is 15.0. The molecule has 0 spiro atoms. The Bertz CT molecular complexity index is 723. The van der Waals surface area contributed by atoms with E-state index in [1.807, 2.05) is 26.0 Å². The molecule has 5 aliphatic rings. The lowest BCUT2D eigenvalue weighted by atomic mass is 9.37. The van der Waals surface area contributed by atoms with Gasteiger partial charge in [0.1, 0.15) is 0 Å². The van der Waals surface area contributed by atoms with Crippen molar-refractivity contribution in [2.45, 2.75) is 131 Å². The summed E-state index contributed by atoms with van der Waals surface area (Å²) in [5, 5.41) is 0. The number of hydrogen-bond donors (Lipinski definition) is 0. The Kier molecular flexibility index (Phi) is 11.9. The molecule has 0 aliphatic heterocycles. The van der Waals surface area contributed by atoms with Crippen LogP contribution in [0, 0.1) is 64.6 Å². The van der Waals surface area contributed by atoms with Crippen molar-refractivity contribution in [3.05, 3.63) is 12.2 Å². The maximum Gasteiger partial charge on any atom is -0.0140 e. The molecule has 0 aromatic heterocycles. The zero-order valence-corrected chi connectivity index (χ0v) is 26.7. The molecule has 214 valence electrons. The molecule has 0 amide bonds. The van der Waals surface area contributed by atoms with E-state index in [0.717, 1.165) is 40.9 Å². The second-order valence-corrected chi connectivity index (χ2v) is 14.7. The lowest BCUT2D eigenvalue weighted by molar-refractivity contribution is -0.182. The molecule has 1 nitrogen and oxygen atoms in total. The molecule has 7 atom stereocenters. The van der Waals surface area contributed by atoms with Crippen molar-refractivity contribution in [3.8, 4) is 12.8 Å². The molecule has 1 heteroatoms. The van der Waals surface area contributed by atoms with Gasteiger partial charge in [-0.3, -0.25) is 0 Å². The molecule has 0 radical (unpaired) electrons. The summed E-state index contributed by atoms with van der Waals surface area (Å²) in [5.74, 6) is 6.08. The first kappa shape index (κ1) is 32.5. The van der Waals surface area contributed by atoms with Crippen LogP contribution in [0.25, 0.3) is 0 Å². The predicted octanol–water partition coefficient (Wildman–Crippen LogP) is 10.3. The number of rotatable bonds is 4. The summed E-state index contributed by atoms with van der Waals surface area (Å²) < 4.78 is 0. The highest BCUT2D eigenvalue weighted by Gasteiger charge is 2.67. The van der Waals surface area contributed by atoms with E-state index in [0.29, 0.717) is 10.8 Å². The first-order valence-electron chi connectivity index (χ1n) is 16.1. The fourth-order valence-electron chi connectivity index (χ4n) is 10.1. The van der Waals surface area contributed by atoms with Crippen LogP contribution in [-0.2, 0) is 0 Å². The van der Waals surface area contributed by atoms with Gasteiger partial charge in [0.05, 0.1) is 0 Å². The summed E-state index contributed by atoms with van der Waals surface area (Å²) in [4.78, 5) is 2.00. The van der Waals surface area contributed by atoms with Gasteiger partial charge in [0.2, 0.25) is 0 Å².